The zero-order valence-corrected chi connectivity index (χ0v) is 12.8. The van der Waals surface area contributed by atoms with Gasteiger partial charge in [0.2, 0.25) is 5.88 Å². The molecule has 0 aliphatic carbocycles. The van der Waals surface area contributed by atoms with Gasteiger partial charge in [-0.2, -0.15) is 0 Å². The Morgan fingerprint density at radius 3 is 2.37 bits per heavy atom. The van der Waals surface area contributed by atoms with Crippen LogP contribution in [0, 0.1) is 13.8 Å². The largest absolute Gasteiger partial charge is 0.437 e. The summed E-state index contributed by atoms with van der Waals surface area (Å²) >= 11 is 3.54. The molecule has 0 radical (unpaired) electrons. The summed E-state index contributed by atoms with van der Waals surface area (Å²) in [7, 11) is 1.87. The van der Waals surface area contributed by atoms with Gasteiger partial charge < -0.3 is 10.1 Å². The molecule has 0 saturated carbocycles. The van der Waals surface area contributed by atoms with Gasteiger partial charge in [-0.25, -0.2) is 4.98 Å². The summed E-state index contributed by atoms with van der Waals surface area (Å²) in [6.45, 7) is 4.76. The quantitative estimate of drug-likeness (QED) is 0.937. The Bertz CT molecular complexity index is 546. The van der Waals surface area contributed by atoms with E-state index in [0.29, 0.717) is 12.4 Å². The summed E-state index contributed by atoms with van der Waals surface area (Å²) < 4.78 is 6.82. The molecule has 0 bridgehead atoms. The molecule has 5 heteroatoms. The molecule has 1 heterocycles. The molecule has 1 aromatic carbocycles. The lowest BCUT2D eigenvalue weighted by Crippen LogP contribution is -2.07. The monoisotopic (exact) mass is 321 g/mol. The number of nitrogens with zero attached hydrogens (tertiary/aromatic N) is 2. The Morgan fingerprint density at radius 2 is 1.84 bits per heavy atom. The fourth-order valence-electron chi connectivity index (χ4n) is 1.75. The van der Waals surface area contributed by atoms with E-state index < -0.39 is 0 Å². The fraction of sp³-hybridized carbons (Fsp3) is 0.286. The lowest BCUT2D eigenvalue weighted by molar-refractivity contribution is 0.458. The third-order valence-electron chi connectivity index (χ3n) is 2.67. The number of hydrogen-bond donors (Lipinski definition) is 1. The van der Waals surface area contributed by atoms with E-state index in [0.717, 1.165) is 27.0 Å². The number of rotatable bonds is 4. The van der Waals surface area contributed by atoms with Gasteiger partial charge in [-0.3, -0.25) is 4.98 Å². The van der Waals surface area contributed by atoms with Crippen LogP contribution in [0.15, 0.2) is 29.0 Å². The second-order valence-electron chi connectivity index (χ2n) is 4.35. The summed E-state index contributed by atoms with van der Waals surface area (Å²) in [5.41, 5.74) is 3.16. The van der Waals surface area contributed by atoms with Crippen LogP contribution in [0.5, 0.6) is 11.6 Å². The molecule has 0 saturated heterocycles. The van der Waals surface area contributed by atoms with Crippen LogP contribution in [0.1, 0.15) is 16.8 Å². The predicted octanol–water partition coefficient (Wildman–Crippen LogP) is 3.37. The van der Waals surface area contributed by atoms with E-state index in [1.54, 1.807) is 12.4 Å². The van der Waals surface area contributed by atoms with Gasteiger partial charge in [0.1, 0.15) is 5.75 Å². The van der Waals surface area contributed by atoms with Gasteiger partial charge in [0, 0.05) is 11.0 Å². The van der Waals surface area contributed by atoms with E-state index in [-0.39, 0.29) is 0 Å². The minimum Gasteiger partial charge on any atom is -0.437 e. The Morgan fingerprint density at radius 1 is 1.16 bits per heavy atom. The molecule has 0 spiro atoms. The first kappa shape index (κ1) is 14.0. The first-order valence-corrected chi connectivity index (χ1v) is 6.79. The normalized spacial score (nSPS) is 10.5. The molecular formula is C14H16BrN3O. The first-order chi connectivity index (χ1) is 9.10. The highest BCUT2D eigenvalue weighted by Gasteiger charge is 2.05. The maximum Gasteiger partial charge on any atom is 0.237 e. The lowest BCUT2D eigenvalue weighted by atomic mass is 10.1. The van der Waals surface area contributed by atoms with Gasteiger partial charge in [0.15, 0.2) is 0 Å². The molecule has 1 aromatic heterocycles. The Labute approximate surface area is 121 Å². The topological polar surface area (TPSA) is 47.0 Å². The SMILES string of the molecule is CNCc1cnc(Oc2cc(C)c(Br)c(C)c2)cn1. The number of aromatic nitrogens is 2. The smallest absolute Gasteiger partial charge is 0.237 e. The molecular weight excluding hydrogens is 306 g/mol. The van der Waals surface area contributed by atoms with Crippen molar-refractivity contribution in [3.8, 4) is 11.6 Å². The van der Waals surface area contributed by atoms with E-state index in [9.17, 15) is 0 Å². The summed E-state index contributed by atoms with van der Waals surface area (Å²) in [6, 6.07) is 3.94. The molecule has 1 N–H and O–H groups in total. The molecule has 0 amide bonds. The van der Waals surface area contributed by atoms with Gasteiger partial charge in [0.25, 0.3) is 0 Å². The standard InChI is InChI=1S/C14H16BrN3O/c1-9-4-12(5-10(2)14(9)15)19-13-8-17-11(6-16-3)7-18-13/h4-5,7-8,16H,6H2,1-3H3. The van der Waals surface area contributed by atoms with Crippen LogP contribution in [-0.2, 0) is 6.54 Å². The highest BCUT2D eigenvalue weighted by molar-refractivity contribution is 9.10. The third-order valence-corrected chi connectivity index (χ3v) is 3.92. The van der Waals surface area contributed by atoms with Crippen LogP contribution >= 0.6 is 15.9 Å². The molecule has 0 unspecified atom stereocenters. The average molecular weight is 322 g/mol. The number of aryl methyl sites for hydroxylation is 2. The maximum absolute atomic E-state index is 5.71. The number of halogens is 1. The average Bonchev–Trinajstić information content (AvgIpc) is 2.38. The molecule has 4 nitrogen and oxygen atoms in total. The summed E-state index contributed by atoms with van der Waals surface area (Å²) in [6.07, 6.45) is 3.35. The van der Waals surface area contributed by atoms with Crippen LogP contribution in [0.2, 0.25) is 0 Å². The van der Waals surface area contributed by atoms with Crippen LogP contribution < -0.4 is 10.1 Å². The van der Waals surface area contributed by atoms with Gasteiger partial charge in [-0.1, -0.05) is 15.9 Å². The van der Waals surface area contributed by atoms with E-state index in [1.165, 1.54) is 0 Å². The van der Waals surface area contributed by atoms with Crippen LogP contribution in [0.3, 0.4) is 0 Å². The zero-order valence-electron chi connectivity index (χ0n) is 11.2. The minimum absolute atomic E-state index is 0.501. The van der Waals surface area contributed by atoms with Gasteiger partial charge in [-0.15, -0.1) is 0 Å². The van der Waals surface area contributed by atoms with Crippen LogP contribution in [-0.4, -0.2) is 17.0 Å². The van der Waals surface area contributed by atoms with Crippen molar-refractivity contribution in [3.05, 3.63) is 45.8 Å². The van der Waals surface area contributed by atoms with E-state index in [2.05, 4.69) is 31.2 Å². The Hall–Kier alpha value is -1.46. The first-order valence-electron chi connectivity index (χ1n) is 6.00. The number of hydrogen-bond acceptors (Lipinski definition) is 4. The Kier molecular flexibility index (Phi) is 4.50. The van der Waals surface area contributed by atoms with Gasteiger partial charge in [0.05, 0.1) is 18.1 Å². The highest BCUT2D eigenvalue weighted by atomic mass is 79.9. The maximum atomic E-state index is 5.71. The second-order valence-corrected chi connectivity index (χ2v) is 5.14. The molecule has 0 atom stereocenters. The van der Waals surface area contributed by atoms with Crippen molar-refractivity contribution in [3.63, 3.8) is 0 Å². The zero-order chi connectivity index (χ0) is 13.8. The van der Waals surface area contributed by atoms with Gasteiger partial charge in [-0.05, 0) is 44.2 Å². The van der Waals surface area contributed by atoms with E-state index in [1.807, 2.05) is 33.0 Å². The van der Waals surface area contributed by atoms with Crippen LogP contribution in [0.25, 0.3) is 0 Å². The van der Waals surface area contributed by atoms with Crippen molar-refractivity contribution in [2.45, 2.75) is 20.4 Å². The van der Waals surface area contributed by atoms with E-state index >= 15 is 0 Å². The number of benzene rings is 1. The van der Waals surface area contributed by atoms with E-state index in [4.69, 9.17) is 4.74 Å². The lowest BCUT2D eigenvalue weighted by Gasteiger charge is -2.09. The van der Waals surface area contributed by atoms with Crippen molar-refractivity contribution in [2.24, 2.45) is 0 Å². The molecule has 19 heavy (non-hydrogen) atoms. The molecule has 0 aliphatic rings. The molecule has 0 aliphatic heterocycles. The van der Waals surface area contributed by atoms with Crippen LogP contribution in [0.4, 0.5) is 0 Å². The molecule has 2 aromatic rings. The van der Waals surface area contributed by atoms with Gasteiger partial charge >= 0.3 is 0 Å². The molecule has 0 fully saturated rings. The molecule has 2 rings (SSSR count). The predicted molar refractivity (Wildman–Crippen MR) is 78.5 cm³/mol. The van der Waals surface area contributed by atoms with Crippen molar-refractivity contribution in [1.29, 1.82) is 0 Å². The van der Waals surface area contributed by atoms with Crippen molar-refractivity contribution in [1.82, 2.24) is 15.3 Å². The Balaban J connectivity index is 2.17. The number of ether oxygens (including phenoxy) is 1. The summed E-state index contributed by atoms with van der Waals surface area (Å²) in [5.74, 6) is 1.27. The van der Waals surface area contributed by atoms with Crippen molar-refractivity contribution in [2.75, 3.05) is 7.05 Å². The van der Waals surface area contributed by atoms with Crippen molar-refractivity contribution >= 4 is 15.9 Å². The third kappa shape index (κ3) is 3.52. The summed E-state index contributed by atoms with van der Waals surface area (Å²) in [5, 5.41) is 3.03. The minimum atomic E-state index is 0.501. The number of nitrogens with one attached hydrogen (secondary N) is 1. The highest BCUT2D eigenvalue weighted by Crippen LogP contribution is 2.28. The van der Waals surface area contributed by atoms with Crippen molar-refractivity contribution < 1.29 is 4.74 Å². The molecule has 100 valence electrons. The second kappa shape index (κ2) is 6.12. The summed E-state index contributed by atoms with van der Waals surface area (Å²) in [4.78, 5) is 8.51. The fourth-order valence-corrected chi connectivity index (χ4v) is 1.98.